The summed E-state index contributed by atoms with van der Waals surface area (Å²) < 4.78 is 1.54. The Kier molecular flexibility index (Phi) is 2.69. The van der Waals surface area contributed by atoms with E-state index in [1.807, 2.05) is 26.0 Å². The summed E-state index contributed by atoms with van der Waals surface area (Å²) in [5, 5.41) is 9.70. The van der Waals surface area contributed by atoms with Crippen LogP contribution in [0.4, 0.5) is 0 Å². The summed E-state index contributed by atoms with van der Waals surface area (Å²) in [5.74, 6) is 0. The van der Waals surface area contributed by atoms with Gasteiger partial charge in [0.15, 0.2) is 0 Å². The second-order valence-electron chi connectivity index (χ2n) is 5.66. The molecule has 1 fully saturated rings. The van der Waals surface area contributed by atoms with Crippen molar-refractivity contribution in [2.45, 2.75) is 26.0 Å². The van der Waals surface area contributed by atoms with Crippen LogP contribution in [0.5, 0.6) is 0 Å². The molecule has 2 aromatic rings. The normalized spacial score (nSPS) is 18.5. The van der Waals surface area contributed by atoms with Crippen molar-refractivity contribution in [2.75, 3.05) is 13.1 Å². The molecule has 0 aliphatic carbocycles. The number of nitrogens with zero attached hydrogens (tertiary/aromatic N) is 3. The Balaban J connectivity index is 1.91. The highest BCUT2D eigenvalue weighted by Gasteiger charge is 2.36. The van der Waals surface area contributed by atoms with Crippen molar-refractivity contribution in [1.82, 2.24) is 14.3 Å². The average Bonchev–Trinajstić information content (AvgIpc) is 2.25. The van der Waals surface area contributed by atoms with Gasteiger partial charge in [-0.25, -0.2) is 4.98 Å². The van der Waals surface area contributed by atoms with Crippen LogP contribution in [0.2, 0.25) is 0 Å². The van der Waals surface area contributed by atoms with Crippen molar-refractivity contribution in [3.8, 4) is 0 Å². The van der Waals surface area contributed by atoms with E-state index in [-0.39, 0.29) is 5.56 Å². The van der Waals surface area contributed by atoms with Crippen LogP contribution in [0, 0.1) is 6.92 Å². The highest BCUT2D eigenvalue weighted by Crippen LogP contribution is 2.21. The molecule has 0 aromatic carbocycles. The Labute approximate surface area is 111 Å². The molecule has 0 atom stereocenters. The highest BCUT2D eigenvalue weighted by atomic mass is 16.3. The summed E-state index contributed by atoms with van der Waals surface area (Å²) in [5.41, 5.74) is 1.85. The van der Waals surface area contributed by atoms with Crippen LogP contribution in [0.15, 0.2) is 29.2 Å². The number of pyridine rings is 1. The first-order valence-electron chi connectivity index (χ1n) is 6.37. The molecule has 1 N–H and O–H groups in total. The van der Waals surface area contributed by atoms with Crippen LogP contribution >= 0.6 is 0 Å². The molecule has 1 aliphatic heterocycles. The lowest BCUT2D eigenvalue weighted by Crippen LogP contribution is -2.59. The van der Waals surface area contributed by atoms with Crippen molar-refractivity contribution in [3.05, 3.63) is 46.0 Å². The van der Waals surface area contributed by atoms with Crippen molar-refractivity contribution < 1.29 is 5.11 Å². The molecule has 3 heterocycles. The number of β-amino-alcohol motifs (C(OH)–C–C–N with tert-alkyl or cyclic N) is 1. The molecule has 0 saturated carbocycles. The second-order valence-corrected chi connectivity index (χ2v) is 5.66. The van der Waals surface area contributed by atoms with E-state index < -0.39 is 5.60 Å². The number of hydrogen-bond donors (Lipinski definition) is 1. The highest BCUT2D eigenvalue weighted by molar-refractivity contribution is 5.41. The molecule has 0 amide bonds. The van der Waals surface area contributed by atoms with Gasteiger partial charge in [0.1, 0.15) is 5.65 Å². The Bertz CT molecular complexity index is 683. The monoisotopic (exact) mass is 259 g/mol. The summed E-state index contributed by atoms with van der Waals surface area (Å²) in [6.45, 7) is 5.65. The molecule has 5 heteroatoms. The van der Waals surface area contributed by atoms with E-state index in [4.69, 9.17) is 0 Å². The van der Waals surface area contributed by atoms with Crippen LogP contribution in [-0.4, -0.2) is 38.1 Å². The minimum Gasteiger partial charge on any atom is -0.388 e. The Morgan fingerprint density at radius 2 is 2.16 bits per heavy atom. The van der Waals surface area contributed by atoms with Gasteiger partial charge in [0, 0.05) is 31.9 Å². The van der Waals surface area contributed by atoms with E-state index >= 15 is 0 Å². The molecule has 1 saturated heterocycles. The lowest BCUT2D eigenvalue weighted by atomic mass is 9.97. The molecule has 5 nitrogen and oxygen atoms in total. The predicted octanol–water partition coefficient (Wildman–Crippen LogP) is 0.570. The smallest absolute Gasteiger partial charge is 0.258 e. The van der Waals surface area contributed by atoms with Gasteiger partial charge in [-0.05, 0) is 31.5 Å². The predicted molar refractivity (Wildman–Crippen MR) is 72.1 cm³/mol. The number of hydrogen-bond acceptors (Lipinski definition) is 4. The fourth-order valence-corrected chi connectivity index (χ4v) is 2.59. The third-order valence-corrected chi connectivity index (χ3v) is 3.39. The minimum absolute atomic E-state index is 0.0627. The van der Waals surface area contributed by atoms with Gasteiger partial charge < -0.3 is 5.11 Å². The maximum absolute atomic E-state index is 12.0. The first-order chi connectivity index (χ1) is 8.93. The first-order valence-corrected chi connectivity index (χ1v) is 6.37. The first kappa shape index (κ1) is 12.3. The van der Waals surface area contributed by atoms with Crippen LogP contribution in [0.25, 0.3) is 5.65 Å². The van der Waals surface area contributed by atoms with Gasteiger partial charge in [-0.15, -0.1) is 0 Å². The van der Waals surface area contributed by atoms with Crippen molar-refractivity contribution in [3.63, 3.8) is 0 Å². The van der Waals surface area contributed by atoms with Crippen LogP contribution in [0.1, 0.15) is 18.2 Å². The third-order valence-electron chi connectivity index (χ3n) is 3.39. The maximum Gasteiger partial charge on any atom is 0.258 e. The number of fused-ring (bicyclic) bond motifs is 1. The van der Waals surface area contributed by atoms with E-state index in [0.717, 1.165) is 11.3 Å². The molecular formula is C14H17N3O2. The molecule has 2 aromatic heterocycles. The summed E-state index contributed by atoms with van der Waals surface area (Å²) >= 11 is 0. The van der Waals surface area contributed by atoms with Gasteiger partial charge >= 0.3 is 0 Å². The van der Waals surface area contributed by atoms with Gasteiger partial charge in [-0.2, -0.15) is 0 Å². The van der Waals surface area contributed by atoms with Gasteiger partial charge in [0.05, 0.1) is 11.3 Å². The van der Waals surface area contributed by atoms with E-state index in [1.54, 1.807) is 16.7 Å². The van der Waals surface area contributed by atoms with Crippen molar-refractivity contribution in [1.29, 1.82) is 0 Å². The number of rotatable bonds is 2. The minimum atomic E-state index is -0.595. The molecule has 0 radical (unpaired) electrons. The van der Waals surface area contributed by atoms with Crippen molar-refractivity contribution in [2.24, 2.45) is 0 Å². The molecule has 3 rings (SSSR count). The SMILES string of the molecule is Cc1ccn2c(=O)cc(CN3CC(C)(O)C3)nc2c1. The van der Waals surface area contributed by atoms with E-state index in [0.29, 0.717) is 25.3 Å². The fraction of sp³-hybridized carbons (Fsp3) is 0.429. The quantitative estimate of drug-likeness (QED) is 0.856. The number of aryl methyl sites for hydroxylation is 1. The summed E-state index contributed by atoms with van der Waals surface area (Å²) in [6.07, 6.45) is 1.75. The second kappa shape index (κ2) is 4.15. The zero-order chi connectivity index (χ0) is 13.6. The number of aliphatic hydroxyl groups is 1. The summed E-state index contributed by atoms with van der Waals surface area (Å²) in [7, 11) is 0. The molecular weight excluding hydrogens is 242 g/mol. The maximum atomic E-state index is 12.0. The summed E-state index contributed by atoms with van der Waals surface area (Å²) in [6, 6.07) is 5.36. The third kappa shape index (κ3) is 2.39. The van der Waals surface area contributed by atoms with Gasteiger partial charge in [0.2, 0.25) is 0 Å². The van der Waals surface area contributed by atoms with E-state index in [2.05, 4.69) is 9.88 Å². The largest absolute Gasteiger partial charge is 0.388 e. The standard InChI is InChI=1S/C14H17N3O2/c1-10-3-4-17-12(5-10)15-11(6-13(17)18)7-16-8-14(2,19)9-16/h3-6,19H,7-9H2,1-2H3. The molecule has 1 aliphatic rings. The fourth-order valence-electron chi connectivity index (χ4n) is 2.59. The number of aromatic nitrogens is 2. The summed E-state index contributed by atoms with van der Waals surface area (Å²) in [4.78, 5) is 18.6. The van der Waals surface area contributed by atoms with Crippen molar-refractivity contribution >= 4 is 5.65 Å². The molecule has 0 spiro atoms. The van der Waals surface area contributed by atoms with Crippen LogP contribution in [0.3, 0.4) is 0 Å². The molecule has 0 unspecified atom stereocenters. The Morgan fingerprint density at radius 3 is 2.84 bits per heavy atom. The Hall–Kier alpha value is -1.72. The topological polar surface area (TPSA) is 57.8 Å². The number of likely N-dealkylation sites (tertiary alicyclic amines) is 1. The van der Waals surface area contributed by atoms with Gasteiger partial charge in [0.25, 0.3) is 5.56 Å². The van der Waals surface area contributed by atoms with Gasteiger partial charge in [-0.3, -0.25) is 14.1 Å². The lowest BCUT2D eigenvalue weighted by molar-refractivity contribution is -0.0875. The lowest BCUT2D eigenvalue weighted by Gasteiger charge is -2.44. The van der Waals surface area contributed by atoms with E-state index in [9.17, 15) is 9.90 Å². The molecule has 100 valence electrons. The molecule has 19 heavy (non-hydrogen) atoms. The van der Waals surface area contributed by atoms with E-state index in [1.165, 1.54) is 0 Å². The van der Waals surface area contributed by atoms with Crippen LogP contribution < -0.4 is 5.56 Å². The Morgan fingerprint density at radius 1 is 1.42 bits per heavy atom. The zero-order valence-corrected chi connectivity index (χ0v) is 11.1. The van der Waals surface area contributed by atoms with Gasteiger partial charge in [-0.1, -0.05) is 0 Å². The average molecular weight is 259 g/mol. The zero-order valence-electron chi connectivity index (χ0n) is 11.1. The van der Waals surface area contributed by atoms with Crippen LogP contribution in [-0.2, 0) is 6.54 Å². The molecule has 0 bridgehead atoms.